The number of H-pyrrole nitrogens is 1. The number of aromatic amines is 1. The molecule has 0 saturated heterocycles. The molecule has 0 spiro atoms. The minimum Gasteiger partial charge on any atom is -0.493 e. The Hall–Kier alpha value is -2.46. The Kier molecular flexibility index (Phi) is 3.46. The van der Waals surface area contributed by atoms with Crippen LogP contribution in [0.4, 0.5) is 0 Å². The SMILES string of the molecule is COc1ccc(C2OCCc3c2[nH]c2ccccc32)cc1OC. The van der Waals surface area contributed by atoms with E-state index in [0.29, 0.717) is 6.61 Å². The average Bonchev–Trinajstić information content (AvgIpc) is 3.00. The van der Waals surface area contributed by atoms with E-state index < -0.39 is 0 Å². The summed E-state index contributed by atoms with van der Waals surface area (Å²) in [6.07, 6.45) is 0.828. The first-order chi connectivity index (χ1) is 11.3. The fraction of sp³-hybridized carbons (Fsp3) is 0.263. The highest BCUT2D eigenvalue weighted by Gasteiger charge is 2.27. The van der Waals surface area contributed by atoms with Crippen LogP contribution in [0.5, 0.6) is 11.5 Å². The van der Waals surface area contributed by atoms with Crippen molar-refractivity contribution in [2.75, 3.05) is 20.8 Å². The van der Waals surface area contributed by atoms with Crippen LogP contribution in [0.25, 0.3) is 10.9 Å². The molecule has 4 heteroatoms. The van der Waals surface area contributed by atoms with Crippen molar-refractivity contribution < 1.29 is 14.2 Å². The molecule has 1 N–H and O–H groups in total. The number of hydrogen-bond donors (Lipinski definition) is 1. The van der Waals surface area contributed by atoms with Crippen LogP contribution in [0.3, 0.4) is 0 Å². The number of fused-ring (bicyclic) bond motifs is 3. The predicted molar refractivity (Wildman–Crippen MR) is 89.3 cm³/mol. The minimum absolute atomic E-state index is 0.106. The summed E-state index contributed by atoms with van der Waals surface area (Å²) in [5, 5.41) is 1.29. The smallest absolute Gasteiger partial charge is 0.161 e. The molecule has 0 radical (unpaired) electrons. The predicted octanol–water partition coefficient (Wildman–Crippen LogP) is 3.85. The van der Waals surface area contributed by atoms with Crippen molar-refractivity contribution in [2.24, 2.45) is 0 Å². The number of methoxy groups -OCH3 is 2. The lowest BCUT2D eigenvalue weighted by molar-refractivity contribution is 0.0675. The van der Waals surface area contributed by atoms with Crippen LogP contribution in [-0.2, 0) is 11.2 Å². The number of benzene rings is 2. The van der Waals surface area contributed by atoms with Crippen molar-refractivity contribution in [3.63, 3.8) is 0 Å². The maximum absolute atomic E-state index is 6.07. The molecule has 2 aromatic carbocycles. The fourth-order valence-corrected chi connectivity index (χ4v) is 3.35. The maximum atomic E-state index is 6.07. The van der Waals surface area contributed by atoms with Gasteiger partial charge in [-0.2, -0.15) is 0 Å². The second-order valence-corrected chi connectivity index (χ2v) is 5.68. The van der Waals surface area contributed by atoms with Gasteiger partial charge in [-0.05, 0) is 35.7 Å². The van der Waals surface area contributed by atoms with E-state index in [9.17, 15) is 0 Å². The number of ether oxygens (including phenoxy) is 3. The van der Waals surface area contributed by atoms with Gasteiger partial charge in [-0.3, -0.25) is 0 Å². The van der Waals surface area contributed by atoms with Gasteiger partial charge in [0.2, 0.25) is 0 Å². The summed E-state index contributed by atoms with van der Waals surface area (Å²) < 4.78 is 16.8. The molecule has 23 heavy (non-hydrogen) atoms. The molecule has 0 saturated carbocycles. The Morgan fingerprint density at radius 1 is 1.04 bits per heavy atom. The summed E-state index contributed by atoms with van der Waals surface area (Å²) in [6.45, 7) is 0.716. The molecule has 1 unspecified atom stereocenters. The topological polar surface area (TPSA) is 43.5 Å². The Morgan fingerprint density at radius 3 is 2.70 bits per heavy atom. The van der Waals surface area contributed by atoms with Gasteiger partial charge in [0.15, 0.2) is 11.5 Å². The molecule has 0 amide bonds. The van der Waals surface area contributed by atoms with Crippen LogP contribution in [0.15, 0.2) is 42.5 Å². The van der Waals surface area contributed by atoms with Crippen LogP contribution in [0.1, 0.15) is 22.9 Å². The normalized spacial score (nSPS) is 17.0. The van der Waals surface area contributed by atoms with Crippen molar-refractivity contribution in [1.82, 2.24) is 4.98 Å². The molecule has 0 aliphatic carbocycles. The third kappa shape index (κ3) is 2.26. The van der Waals surface area contributed by atoms with Gasteiger partial charge in [0, 0.05) is 10.9 Å². The molecule has 1 aliphatic heterocycles. The quantitative estimate of drug-likeness (QED) is 0.799. The maximum Gasteiger partial charge on any atom is 0.161 e. The number of para-hydroxylation sites is 1. The summed E-state index contributed by atoms with van der Waals surface area (Å²) >= 11 is 0. The molecule has 1 atom stereocenters. The zero-order chi connectivity index (χ0) is 15.8. The van der Waals surface area contributed by atoms with Gasteiger partial charge in [-0.15, -0.1) is 0 Å². The van der Waals surface area contributed by atoms with Gasteiger partial charge in [0.25, 0.3) is 0 Å². The first-order valence-electron chi connectivity index (χ1n) is 7.75. The Balaban J connectivity index is 1.83. The zero-order valence-electron chi connectivity index (χ0n) is 13.3. The zero-order valence-corrected chi connectivity index (χ0v) is 13.3. The largest absolute Gasteiger partial charge is 0.493 e. The Morgan fingerprint density at radius 2 is 1.87 bits per heavy atom. The summed E-state index contributed by atoms with van der Waals surface area (Å²) in [5.41, 5.74) is 4.72. The number of rotatable bonds is 3. The van der Waals surface area contributed by atoms with E-state index in [4.69, 9.17) is 14.2 Å². The lowest BCUT2D eigenvalue weighted by Crippen LogP contribution is -2.17. The molecule has 1 aliphatic rings. The van der Waals surface area contributed by atoms with E-state index in [-0.39, 0.29) is 6.10 Å². The fourth-order valence-electron chi connectivity index (χ4n) is 3.35. The van der Waals surface area contributed by atoms with Gasteiger partial charge in [-0.1, -0.05) is 24.3 Å². The van der Waals surface area contributed by atoms with Gasteiger partial charge < -0.3 is 19.2 Å². The molecular formula is C19H19NO3. The monoisotopic (exact) mass is 309 g/mol. The van der Waals surface area contributed by atoms with Crippen LogP contribution in [0.2, 0.25) is 0 Å². The van der Waals surface area contributed by atoms with Gasteiger partial charge in [0.1, 0.15) is 6.10 Å². The van der Waals surface area contributed by atoms with Crippen molar-refractivity contribution >= 4 is 10.9 Å². The molecular weight excluding hydrogens is 290 g/mol. The number of aromatic nitrogens is 1. The standard InChI is InChI=1S/C19H19NO3/c1-21-16-8-7-12(11-17(16)22-2)19-18-14(9-10-23-19)13-5-3-4-6-15(13)20-18/h3-8,11,19-20H,9-10H2,1-2H3. The lowest BCUT2D eigenvalue weighted by Gasteiger charge is -2.24. The highest BCUT2D eigenvalue weighted by molar-refractivity contribution is 5.85. The second kappa shape index (κ2) is 5.63. The van der Waals surface area contributed by atoms with Crippen LogP contribution in [0, 0.1) is 0 Å². The van der Waals surface area contributed by atoms with Gasteiger partial charge >= 0.3 is 0 Å². The van der Waals surface area contributed by atoms with Crippen molar-refractivity contribution in [3.8, 4) is 11.5 Å². The third-order valence-corrected chi connectivity index (χ3v) is 4.46. The molecule has 3 aromatic rings. The minimum atomic E-state index is -0.106. The average molecular weight is 309 g/mol. The van der Waals surface area contributed by atoms with E-state index in [1.54, 1.807) is 14.2 Å². The first-order valence-corrected chi connectivity index (χ1v) is 7.75. The Bertz CT molecular complexity index is 853. The lowest BCUT2D eigenvalue weighted by atomic mass is 9.97. The van der Waals surface area contributed by atoms with E-state index in [0.717, 1.165) is 34.7 Å². The van der Waals surface area contributed by atoms with Crippen molar-refractivity contribution in [2.45, 2.75) is 12.5 Å². The van der Waals surface area contributed by atoms with Gasteiger partial charge in [0.05, 0.1) is 26.5 Å². The molecule has 118 valence electrons. The number of hydrogen-bond acceptors (Lipinski definition) is 3. The van der Waals surface area contributed by atoms with Crippen molar-refractivity contribution in [3.05, 3.63) is 59.3 Å². The second-order valence-electron chi connectivity index (χ2n) is 5.68. The van der Waals surface area contributed by atoms with E-state index in [1.165, 1.54) is 10.9 Å². The number of nitrogens with one attached hydrogen (secondary N) is 1. The molecule has 0 fully saturated rings. The van der Waals surface area contributed by atoms with E-state index >= 15 is 0 Å². The van der Waals surface area contributed by atoms with Gasteiger partial charge in [-0.25, -0.2) is 0 Å². The van der Waals surface area contributed by atoms with Crippen LogP contribution >= 0.6 is 0 Å². The Labute approximate surface area is 135 Å². The summed E-state index contributed by atoms with van der Waals surface area (Å²) in [4.78, 5) is 3.53. The van der Waals surface area contributed by atoms with E-state index in [1.807, 2.05) is 18.2 Å². The summed E-state index contributed by atoms with van der Waals surface area (Å²) in [5.74, 6) is 1.45. The highest BCUT2D eigenvalue weighted by atomic mass is 16.5. The van der Waals surface area contributed by atoms with Crippen LogP contribution < -0.4 is 9.47 Å². The molecule has 0 bridgehead atoms. The van der Waals surface area contributed by atoms with Crippen molar-refractivity contribution in [1.29, 1.82) is 0 Å². The summed E-state index contributed by atoms with van der Waals surface area (Å²) in [6, 6.07) is 14.4. The first kappa shape index (κ1) is 14.2. The molecule has 1 aromatic heterocycles. The van der Waals surface area contributed by atoms with Crippen LogP contribution in [-0.4, -0.2) is 25.8 Å². The molecule has 4 nitrogen and oxygen atoms in total. The molecule has 2 heterocycles. The van der Waals surface area contributed by atoms with E-state index in [2.05, 4.69) is 29.2 Å². The molecule has 4 rings (SSSR count). The third-order valence-electron chi connectivity index (χ3n) is 4.46. The summed E-state index contributed by atoms with van der Waals surface area (Å²) in [7, 11) is 3.29. The highest BCUT2D eigenvalue weighted by Crippen LogP contribution is 2.39.